The molecule has 0 saturated carbocycles. The highest BCUT2D eigenvalue weighted by molar-refractivity contribution is 5.23. The summed E-state index contributed by atoms with van der Waals surface area (Å²) in [6.45, 7) is 13.5. The molecule has 1 aliphatic rings. The van der Waals surface area contributed by atoms with E-state index >= 15 is 0 Å². The molecule has 1 aromatic carbocycles. The summed E-state index contributed by atoms with van der Waals surface area (Å²) in [6, 6.07) is 8.36. The summed E-state index contributed by atoms with van der Waals surface area (Å²) in [4.78, 5) is 0. The van der Waals surface area contributed by atoms with Crippen molar-refractivity contribution < 1.29 is 0 Å². The van der Waals surface area contributed by atoms with Crippen molar-refractivity contribution in [2.24, 2.45) is 5.41 Å². The predicted molar refractivity (Wildman–Crippen MR) is 81.9 cm³/mol. The topological polar surface area (TPSA) is 0 Å². The van der Waals surface area contributed by atoms with Crippen molar-refractivity contribution in [2.75, 3.05) is 0 Å². The van der Waals surface area contributed by atoms with Crippen LogP contribution >= 0.6 is 0 Å². The van der Waals surface area contributed by atoms with E-state index in [-0.39, 0.29) is 0 Å². The first-order valence-electron chi connectivity index (χ1n) is 6.99. The molecule has 0 aromatic heterocycles. The second kappa shape index (κ2) is 6.22. The first kappa shape index (κ1) is 15.0. The van der Waals surface area contributed by atoms with E-state index < -0.39 is 0 Å². The highest BCUT2D eigenvalue weighted by Gasteiger charge is 2.22. The van der Waals surface area contributed by atoms with Crippen LogP contribution in [0.25, 0.3) is 0 Å². The number of benzene rings is 1. The summed E-state index contributed by atoms with van der Waals surface area (Å²) in [5.41, 5.74) is 6.56. The number of hydrogen-bond donors (Lipinski definition) is 0. The molecule has 18 heavy (non-hydrogen) atoms. The maximum absolute atomic E-state index is 2.36. The molecule has 0 fully saturated rings. The summed E-state index contributed by atoms with van der Waals surface area (Å²) in [7, 11) is 0. The third kappa shape index (κ3) is 4.68. The van der Waals surface area contributed by atoms with E-state index in [4.69, 9.17) is 0 Å². The van der Waals surface area contributed by atoms with Crippen LogP contribution < -0.4 is 0 Å². The molecule has 1 aliphatic carbocycles. The lowest BCUT2D eigenvalue weighted by Gasteiger charge is -2.30. The Labute approximate surface area is 113 Å². The van der Waals surface area contributed by atoms with Gasteiger partial charge in [0.05, 0.1) is 0 Å². The Hall–Kier alpha value is -1.04. The average Bonchev–Trinajstić information content (AvgIpc) is 2.29. The first-order chi connectivity index (χ1) is 8.32. The molecular weight excluding hydrogens is 216 g/mol. The fourth-order valence-corrected chi connectivity index (χ4v) is 2.36. The standard InChI is InChI=1S/C10H18.C8H10/c1-8-5-6-10(3,4)7-9(8)2;1-7-5-3-4-6-8(7)2/h5-7H2,1-4H3;3-6H,1-2H3. The van der Waals surface area contributed by atoms with Crippen LogP contribution in [0.15, 0.2) is 35.4 Å². The lowest BCUT2D eigenvalue weighted by Crippen LogP contribution is -2.16. The zero-order valence-electron chi connectivity index (χ0n) is 12.9. The maximum Gasteiger partial charge on any atom is -0.0269 e. The van der Waals surface area contributed by atoms with Crippen LogP contribution in [0.5, 0.6) is 0 Å². The van der Waals surface area contributed by atoms with Gasteiger partial charge in [-0.3, -0.25) is 0 Å². The number of hydrogen-bond acceptors (Lipinski definition) is 0. The molecule has 0 N–H and O–H groups in total. The largest absolute Gasteiger partial charge is 0.0744 e. The molecule has 0 radical (unpaired) electrons. The Morgan fingerprint density at radius 1 is 0.833 bits per heavy atom. The molecule has 0 spiro atoms. The van der Waals surface area contributed by atoms with Gasteiger partial charge in [-0.15, -0.1) is 0 Å². The summed E-state index contributed by atoms with van der Waals surface area (Å²) < 4.78 is 0. The van der Waals surface area contributed by atoms with Crippen molar-refractivity contribution in [1.82, 2.24) is 0 Å². The minimum absolute atomic E-state index is 0.573. The Morgan fingerprint density at radius 2 is 1.33 bits per heavy atom. The normalized spacial score (nSPS) is 18.1. The quantitative estimate of drug-likeness (QED) is 0.503. The molecule has 0 heteroatoms. The Morgan fingerprint density at radius 3 is 1.67 bits per heavy atom. The van der Waals surface area contributed by atoms with E-state index in [1.165, 1.54) is 30.4 Å². The van der Waals surface area contributed by atoms with Crippen LogP contribution in [0.4, 0.5) is 0 Å². The highest BCUT2D eigenvalue weighted by Crippen LogP contribution is 2.37. The fraction of sp³-hybridized carbons (Fsp3) is 0.556. The van der Waals surface area contributed by atoms with Gasteiger partial charge < -0.3 is 0 Å². The van der Waals surface area contributed by atoms with Crippen molar-refractivity contribution in [2.45, 2.75) is 60.8 Å². The predicted octanol–water partition coefficient (Wildman–Crippen LogP) is 5.84. The summed E-state index contributed by atoms with van der Waals surface area (Å²) in [5, 5.41) is 0. The second-order valence-corrected chi connectivity index (χ2v) is 6.49. The Kier molecular flexibility index (Phi) is 5.19. The molecule has 2 rings (SSSR count). The van der Waals surface area contributed by atoms with Gasteiger partial charge in [-0.2, -0.15) is 0 Å². The Bertz CT molecular complexity index is 400. The van der Waals surface area contributed by atoms with Gasteiger partial charge in [-0.05, 0) is 63.5 Å². The average molecular weight is 244 g/mol. The van der Waals surface area contributed by atoms with Gasteiger partial charge in [0.2, 0.25) is 0 Å². The molecule has 0 nitrogen and oxygen atoms in total. The molecule has 0 heterocycles. The van der Waals surface area contributed by atoms with Crippen molar-refractivity contribution in [3.8, 4) is 0 Å². The van der Waals surface area contributed by atoms with Crippen LogP contribution in [0.1, 0.15) is 58.1 Å². The van der Waals surface area contributed by atoms with Gasteiger partial charge in [0, 0.05) is 0 Å². The van der Waals surface area contributed by atoms with Gasteiger partial charge in [0.25, 0.3) is 0 Å². The second-order valence-electron chi connectivity index (χ2n) is 6.49. The Balaban J connectivity index is 0.000000184. The van der Waals surface area contributed by atoms with Gasteiger partial charge in [-0.25, -0.2) is 0 Å². The third-order valence-electron chi connectivity index (χ3n) is 4.07. The van der Waals surface area contributed by atoms with Crippen LogP contribution in [-0.4, -0.2) is 0 Å². The van der Waals surface area contributed by atoms with Gasteiger partial charge in [-0.1, -0.05) is 49.3 Å². The molecule has 0 unspecified atom stereocenters. The van der Waals surface area contributed by atoms with Crippen LogP contribution in [0.3, 0.4) is 0 Å². The van der Waals surface area contributed by atoms with Crippen LogP contribution in [-0.2, 0) is 0 Å². The van der Waals surface area contributed by atoms with E-state index in [1.807, 2.05) is 0 Å². The van der Waals surface area contributed by atoms with E-state index in [2.05, 4.69) is 65.8 Å². The third-order valence-corrected chi connectivity index (χ3v) is 4.07. The highest BCUT2D eigenvalue weighted by atomic mass is 14.3. The maximum atomic E-state index is 2.36. The fourth-order valence-electron chi connectivity index (χ4n) is 2.36. The lowest BCUT2D eigenvalue weighted by molar-refractivity contribution is 0.314. The number of aryl methyl sites for hydroxylation is 2. The van der Waals surface area contributed by atoms with Crippen molar-refractivity contribution >= 4 is 0 Å². The van der Waals surface area contributed by atoms with Crippen molar-refractivity contribution in [1.29, 1.82) is 0 Å². The molecule has 0 aliphatic heterocycles. The number of rotatable bonds is 0. The summed E-state index contributed by atoms with van der Waals surface area (Å²) >= 11 is 0. The SMILES string of the molecule is CC1=C(C)CC(C)(C)CC1.Cc1ccccc1C. The molecule has 0 bridgehead atoms. The van der Waals surface area contributed by atoms with Crippen LogP contribution in [0.2, 0.25) is 0 Å². The van der Waals surface area contributed by atoms with E-state index in [1.54, 1.807) is 11.1 Å². The van der Waals surface area contributed by atoms with Crippen molar-refractivity contribution in [3.05, 3.63) is 46.5 Å². The summed E-state index contributed by atoms with van der Waals surface area (Å²) in [6.07, 6.45) is 3.99. The van der Waals surface area contributed by atoms with Gasteiger partial charge in [0.15, 0.2) is 0 Å². The van der Waals surface area contributed by atoms with Crippen LogP contribution in [0, 0.1) is 19.3 Å². The summed E-state index contributed by atoms with van der Waals surface area (Å²) in [5.74, 6) is 0. The zero-order chi connectivity index (χ0) is 13.8. The van der Waals surface area contributed by atoms with E-state index in [9.17, 15) is 0 Å². The zero-order valence-corrected chi connectivity index (χ0v) is 12.9. The number of allylic oxidation sites excluding steroid dienone is 2. The molecule has 1 aromatic rings. The van der Waals surface area contributed by atoms with Gasteiger partial charge in [0.1, 0.15) is 0 Å². The molecule has 0 atom stereocenters. The molecular formula is C18H28. The molecule has 0 saturated heterocycles. The minimum Gasteiger partial charge on any atom is -0.0744 e. The first-order valence-corrected chi connectivity index (χ1v) is 6.99. The van der Waals surface area contributed by atoms with Crippen molar-refractivity contribution in [3.63, 3.8) is 0 Å². The molecule has 100 valence electrons. The van der Waals surface area contributed by atoms with E-state index in [0.717, 1.165) is 0 Å². The minimum atomic E-state index is 0.573. The smallest absolute Gasteiger partial charge is 0.0269 e. The van der Waals surface area contributed by atoms with E-state index in [0.29, 0.717) is 5.41 Å². The van der Waals surface area contributed by atoms with Gasteiger partial charge >= 0.3 is 0 Å². The molecule has 0 amide bonds. The monoisotopic (exact) mass is 244 g/mol. The lowest BCUT2D eigenvalue weighted by atomic mass is 9.75.